The average molecular weight is 411 g/mol. The third-order valence-electron chi connectivity index (χ3n) is 4.10. The van der Waals surface area contributed by atoms with Crippen molar-refractivity contribution in [2.75, 3.05) is 0 Å². The highest BCUT2D eigenvalue weighted by molar-refractivity contribution is 6.34. The third kappa shape index (κ3) is 5.36. The Bertz CT molecular complexity index is 850. The van der Waals surface area contributed by atoms with Crippen LogP contribution in [0.25, 0.3) is 0 Å². The van der Waals surface area contributed by atoms with Gasteiger partial charge in [-0.05, 0) is 81.0 Å². The van der Waals surface area contributed by atoms with Crippen LogP contribution < -0.4 is 4.74 Å². The number of carbonyl (C=O) groups is 1. The van der Waals surface area contributed by atoms with Crippen LogP contribution in [0.15, 0.2) is 30.3 Å². The summed E-state index contributed by atoms with van der Waals surface area (Å²) >= 11 is 12.0. The molecule has 0 saturated heterocycles. The maximum Gasteiger partial charge on any atom is 0.341 e. The lowest BCUT2D eigenvalue weighted by molar-refractivity contribution is 0.00645. The molecule has 1 saturated carbocycles. The number of halogens is 3. The fourth-order valence-corrected chi connectivity index (χ4v) is 3.30. The summed E-state index contributed by atoms with van der Waals surface area (Å²) in [6, 6.07) is 7.87. The van der Waals surface area contributed by atoms with Crippen molar-refractivity contribution in [2.45, 2.75) is 51.7 Å². The molecule has 27 heavy (non-hydrogen) atoms. The van der Waals surface area contributed by atoms with Gasteiger partial charge in [0.1, 0.15) is 23.8 Å². The van der Waals surface area contributed by atoms with E-state index in [-0.39, 0.29) is 12.2 Å². The smallest absolute Gasteiger partial charge is 0.341 e. The van der Waals surface area contributed by atoms with E-state index in [4.69, 9.17) is 32.7 Å². The first-order chi connectivity index (χ1) is 12.6. The Morgan fingerprint density at radius 1 is 1.11 bits per heavy atom. The molecule has 144 valence electrons. The molecular formula is C21H21Cl2FO3. The number of ether oxygens (including phenoxy) is 2. The van der Waals surface area contributed by atoms with Gasteiger partial charge in [0.25, 0.3) is 0 Å². The molecule has 0 aromatic heterocycles. The molecular weight excluding hydrogens is 390 g/mol. The SMILES string of the molecule is CC(C)(C)OC(=O)c1cc(C2CC2)c(COc2cc(Cl)cc(Cl)c2)cc1F. The maximum absolute atomic E-state index is 14.6. The molecule has 0 aliphatic heterocycles. The van der Waals surface area contributed by atoms with Crippen molar-refractivity contribution >= 4 is 29.2 Å². The van der Waals surface area contributed by atoms with Crippen LogP contribution in [0.1, 0.15) is 61.0 Å². The first-order valence-corrected chi connectivity index (χ1v) is 9.52. The van der Waals surface area contributed by atoms with Crippen LogP contribution in [0.3, 0.4) is 0 Å². The minimum atomic E-state index is -0.684. The van der Waals surface area contributed by atoms with Crippen molar-refractivity contribution in [1.29, 1.82) is 0 Å². The summed E-state index contributed by atoms with van der Waals surface area (Å²) in [5.41, 5.74) is 0.904. The van der Waals surface area contributed by atoms with Gasteiger partial charge in [-0.3, -0.25) is 0 Å². The zero-order chi connectivity index (χ0) is 19.8. The van der Waals surface area contributed by atoms with Crippen molar-refractivity contribution in [2.24, 2.45) is 0 Å². The van der Waals surface area contributed by atoms with Gasteiger partial charge in [-0.15, -0.1) is 0 Å². The van der Waals surface area contributed by atoms with E-state index < -0.39 is 17.4 Å². The molecule has 1 aliphatic rings. The lowest BCUT2D eigenvalue weighted by atomic mass is 9.99. The van der Waals surface area contributed by atoms with E-state index in [1.807, 2.05) is 0 Å². The maximum atomic E-state index is 14.6. The molecule has 2 aromatic rings. The van der Waals surface area contributed by atoms with Crippen molar-refractivity contribution < 1.29 is 18.7 Å². The Morgan fingerprint density at radius 3 is 2.30 bits per heavy atom. The first kappa shape index (κ1) is 20.0. The zero-order valence-corrected chi connectivity index (χ0v) is 17.0. The highest BCUT2D eigenvalue weighted by Crippen LogP contribution is 2.43. The quantitative estimate of drug-likeness (QED) is 0.524. The van der Waals surface area contributed by atoms with E-state index in [2.05, 4.69) is 0 Å². The lowest BCUT2D eigenvalue weighted by Crippen LogP contribution is -2.24. The van der Waals surface area contributed by atoms with Gasteiger partial charge in [-0.2, -0.15) is 0 Å². The highest BCUT2D eigenvalue weighted by Gasteiger charge is 2.30. The van der Waals surface area contributed by atoms with Crippen LogP contribution in [0.4, 0.5) is 4.39 Å². The van der Waals surface area contributed by atoms with E-state index in [0.29, 0.717) is 27.3 Å². The molecule has 0 N–H and O–H groups in total. The minimum absolute atomic E-state index is 0.0404. The van der Waals surface area contributed by atoms with E-state index in [1.54, 1.807) is 45.0 Å². The van der Waals surface area contributed by atoms with Crippen LogP contribution in [-0.2, 0) is 11.3 Å². The molecule has 1 fully saturated rings. The van der Waals surface area contributed by atoms with E-state index in [1.165, 1.54) is 6.07 Å². The zero-order valence-electron chi connectivity index (χ0n) is 15.4. The summed E-state index contributed by atoms with van der Waals surface area (Å²) in [5, 5.41) is 0.928. The van der Waals surface area contributed by atoms with Crippen molar-refractivity contribution in [1.82, 2.24) is 0 Å². The summed E-state index contributed by atoms with van der Waals surface area (Å²) in [6.07, 6.45) is 2.02. The number of hydrogen-bond acceptors (Lipinski definition) is 3. The largest absolute Gasteiger partial charge is 0.489 e. The molecule has 6 heteroatoms. The van der Waals surface area contributed by atoms with Gasteiger partial charge in [-0.1, -0.05) is 23.2 Å². The molecule has 2 aromatic carbocycles. The Hall–Kier alpha value is -1.78. The molecule has 3 rings (SSSR count). The third-order valence-corrected chi connectivity index (χ3v) is 4.53. The van der Waals surface area contributed by atoms with E-state index in [9.17, 15) is 9.18 Å². The van der Waals surface area contributed by atoms with Gasteiger partial charge in [0.15, 0.2) is 0 Å². The summed E-state index contributed by atoms with van der Waals surface area (Å²) in [7, 11) is 0. The second-order valence-electron chi connectivity index (χ2n) is 7.70. The van der Waals surface area contributed by atoms with Crippen LogP contribution >= 0.6 is 23.2 Å². The fraction of sp³-hybridized carbons (Fsp3) is 0.381. The predicted octanol–water partition coefficient (Wildman–Crippen LogP) is 6.54. The number of esters is 1. The van der Waals surface area contributed by atoms with Crippen LogP contribution in [0.2, 0.25) is 10.0 Å². The Kier molecular flexibility index (Phi) is 5.68. The minimum Gasteiger partial charge on any atom is -0.489 e. The molecule has 0 atom stereocenters. The standard InChI is InChI=1S/C21H21Cl2FO3/c1-21(2,3)27-20(25)18-10-17(12-4-5-12)13(6-19(18)24)11-26-16-8-14(22)7-15(23)9-16/h6-10,12H,4-5,11H2,1-3H3. The van der Waals surface area contributed by atoms with Crippen LogP contribution in [-0.4, -0.2) is 11.6 Å². The van der Waals surface area contributed by atoms with Gasteiger partial charge in [-0.25, -0.2) is 9.18 Å². The summed E-state index contributed by atoms with van der Waals surface area (Å²) in [5.74, 6) is -0.452. The van der Waals surface area contributed by atoms with Gasteiger partial charge in [0.2, 0.25) is 0 Å². The number of rotatable bonds is 5. The Balaban J connectivity index is 1.85. The van der Waals surface area contributed by atoms with Crippen molar-refractivity contribution in [3.8, 4) is 5.75 Å². The molecule has 0 radical (unpaired) electrons. The normalized spacial score (nSPS) is 14.1. The van der Waals surface area contributed by atoms with E-state index in [0.717, 1.165) is 18.4 Å². The monoisotopic (exact) mass is 410 g/mol. The van der Waals surface area contributed by atoms with Crippen LogP contribution in [0, 0.1) is 5.82 Å². The molecule has 0 amide bonds. The Morgan fingerprint density at radius 2 is 1.74 bits per heavy atom. The van der Waals surface area contributed by atoms with Crippen molar-refractivity contribution in [3.63, 3.8) is 0 Å². The lowest BCUT2D eigenvalue weighted by Gasteiger charge is -2.20. The van der Waals surface area contributed by atoms with Crippen molar-refractivity contribution in [3.05, 3.63) is 62.9 Å². The number of hydrogen-bond donors (Lipinski definition) is 0. The topological polar surface area (TPSA) is 35.5 Å². The summed E-state index contributed by atoms with van der Waals surface area (Å²) < 4.78 is 25.7. The Labute approximate surface area is 168 Å². The highest BCUT2D eigenvalue weighted by atomic mass is 35.5. The van der Waals surface area contributed by atoms with Gasteiger partial charge in [0, 0.05) is 10.0 Å². The second-order valence-corrected chi connectivity index (χ2v) is 8.57. The number of benzene rings is 2. The van der Waals surface area contributed by atoms with Crippen LogP contribution in [0.5, 0.6) is 5.75 Å². The predicted molar refractivity (Wildman–Crippen MR) is 104 cm³/mol. The molecule has 0 unspecified atom stereocenters. The van der Waals surface area contributed by atoms with Gasteiger partial charge < -0.3 is 9.47 Å². The first-order valence-electron chi connectivity index (χ1n) is 8.77. The fourth-order valence-electron chi connectivity index (χ4n) is 2.79. The molecule has 1 aliphatic carbocycles. The molecule has 0 spiro atoms. The van der Waals surface area contributed by atoms with E-state index >= 15 is 0 Å². The van der Waals surface area contributed by atoms with Gasteiger partial charge in [0.05, 0.1) is 5.56 Å². The second kappa shape index (κ2) is 7.69. The van der Waals surface area contributed by atoms with Gasteiger partial charge >= 0.3 is 5.97 Å². The summed E-state index contributed by atoms with van der Waals surface area (Å²) in [6.45, 7) is 5.42. The average Bonchev–Trinajstić information content (AvgIpc) is 3.35. The number of carbonyl (C=O) groups excluding carboxylic acids is 1. The molecule has 0 bridgehead atoms. The summed E-state index contributed by atoms with van der Waals surface area (Å²) in [4.78, 5) is 12.3. The molecule has 0 heterocycles. The molecule has 3 nitrogen and oxygen atoms in total.